The van der Waals surface area contributed by atoms with Gasteiger partial charge in [-0.05, 0) is 55.5 Å². The van der Waals surface area contributed by atoms with E-state index in [0.717, 1.165) is 43.2 Å². The Balaban J connectivity index is 1.23. The van der Waals surface area contributed by atoms with Crippen LogP contribution in [-0.2, 0) is 4.79 Å². The number of piperazine rings is 1. The first-order valence-corrected chi connectivity index (χ1v) is 11.8. The lowest BCUT2D eigenvalue weighted by Gasteiger charge is -2.35. The van der Waals surface area contributed by atoms with Crippen LogP contribution in [0, 0.1) is 6.92 Å². The van der Waals surface area contributed by atoms with Gasteiger partial charge in [-0.3, -0.25) is 4.79 Å². The summed E-state index contributed by atoms with van der Waals surface area (Å²) in [6.45, 7) is 6.71. The SMILES string of the molecule is CC(=O)N1CCN(c2ccc(Nc3nccc(Nc4ccnc(-c5cccc(C)n5)n4)n3)cc2)CC1. The minimum absolute atomic E-state index is 0.134. The number of benzene rings is 1. The molecule has 0 spiro atoms. The van der Waals surface area contributed by atoms with Crippen LogP contribution in [0.1, 0.15) is 12.6 Å². The van der Waals surface area contributed by atoms with E-state index in [0.29, 0.717) is 29.1 Å². The van der Waals surface area contributed by atoms with Crippen molar-refractivity contribution in [2.75, 3.05) is 41.7 Å². The first kappa shape index (κ1) is 23.2. The van der Waals surface area contributed by atoms with E-state index in [2.05, 4.69) is 52.6 Å². The van der Waals surface area contributed by atoms with E-state index >= 15 is 0 Å². The third-order valence-electron chi connectivity index (χ3n) is 5.90. The third kappa shape index (κ3) is 5.54. The molecular formula is C26H27N9O. The van der Waals surface area contributed by atoms with E-state index in [1.54, 1.807) is 31.5 Å². The minimum atomic E-state index is 0.134. The first-order valence-electron chi connectivity index (χ1n) is 11.8. The summed E-state index contributed by atoms with van der Waals surface area (Å²) < 4.78 is 0. The number of nitrogens with one attached hydrogen (secondary N) is 2. The fourth-order valence-electron chi connectivity index (χ4n) is 4.00. The smallest absolute Gasteiger partial charge is 0.229 e. The van der Waals surface area contributed by atoms with Gasteiger partial charge in [0.15, 0.2) is 5.82 Å². The van der Waals surface area contributed by atoms with Crippen molar-refractivity contribution in [3.63, 3.8) is 0 Å². The van der Waals surface area contributed by atoms with Gasteiger partial charge in [-0.25, -0.2) is 19.9 Å². The van der Waals surface area contributed by atoms with Gasteiger partial charge in [0.1, 0.15) is 17.3 Å². The number of rotatable bonds is 6. The Morgan fingerprint density at radius 3 is 2.25 bits per heavy atom. The Labute approximate surface area is 209 Å². The number of hydrogen-bond donors (Lipinski definition) is 2. The molecule has 4 aromatic rings. The van der Waals surface area contributed by atoms with Crippen LogP contribution in [0.4, 0.5) is 29.0 Å². The van der Waals surface area contributed by atoms with Crippen molar-refractivity contribution in [3.8, 4) is 11.5 Å². The topological polar surface area (TPSA) is 112 Å². The number of aryl methyl sites for hydroxylation is 1. The van der Waals surface area contributed by atoms with Crippen molar-refractivity contribution in [1.82, 2.24) is 29.8 Å². The summed E-state index contributed by atoms with van der Waals surface area (Å²) in [5, 5.41) is 6.46. The lowest BCUT2D eigenvalue weighted by atomic mass is 10.2. The molecule has 0 unspecified atom stereocenters. The van der Waals surface area contributed by atoms with E-state index in [1.165, 1.54) is 0 Å². The molecule has 4 heterocycles. The quantitative estimate of drug-likeness (QED) is 0.425. The molecule has 1 aromatic carbocycles. The number of carbonyl (C=O) groups excluding carboxylic acids is 1. The van der Waals surface area contributed by atoms with Gasteiger partial charge in [-0.1, -0.05) is 6.07 Å². The maximum atomic E-state index is 11.5. The molecule has 10 heteroatoms. The average Bonchev–Trinajstić information content (AvgIpc) is 2.90. The zero-order valence-corrected chi connectivity index (χ0v) is 20.2. The summed E-state index contributed by atoms with van der Waals surface area (Å²) in [6, 6.07) is 17.5. The monoisotopic (exact) mass is 481 g/mol. The molecule has 2 N–H and O–H groups in total. The van der Waals surface area contributed by atoms with Gasteiger partial charge in [0.05, 0.1) is 0 Å². The highest BCUT2D eigenvalue weighted by Crippen LogP contribution is 2.22. The maximum Gasteiger partial charge on any atom is 0.229 e. The fraction of sp³-hybridized carbons (Fsp3) is 0.231. The summed E-state index contributed by atoms with van der Waals surface area (Å²) >= 11 is 0. The molecule has 3 aromatic heterocycles. The first-order chi connectivity index (χ1) is 17.5. The summed E-state index contributed by atoms with van der Waals surface area (Å²) in [7, 11) is 0. The summed E-state index contributed by atoms with van der Waals surface area (Å²) in [5.74, 6) is 2.36. The number of anilines is 5. The highest BCUT2D eigenvalue weighted by Gasteiger charge is 2.18. The molecular weight excluding hydrogens is 454 g/mol. The molecule has 1 amide bonds. The Bertz CT molecular complexity index is 1350. The molecule has 1 fully saturated rings. The predicted molar refractivity (Wildman–Crippen MR) is 140 cm³/mol. The van der Waals surface area contributed by atoms with Gasteiger partial charge in [0, 0.05) is 62.6 Å². The van der Waals surface area contributed by atoms with Crippen LogP contribution < -0.4 is 15.5 Å². The standard InChI is InChI=1S/C26H27N9O/c1-18-4-3-5-22(29-18)25-27-12-10-23(32-25)31-24-11-13-28-26(33-24)30-20-6-8-21(9-7-20)35-16-14-34(15-17-35)19(2)36/h3-13H,14-17H2,1-2H3,(H2,27,28,30,31,32,33). The van der Waals surface area contributed by atoms with Crippen LogP contribution in [0.2, 0.25) is 0 Å². The molecule has 0 atom stereocenters. The number of hydrogen-bond acceptors (Lipinski definition) is 9. The van der Waals surface area contributed by atoms with E-state index in [4.69, 9.17) is 0 Å². The lowest BCUT2D eigenvalue weighted by Crippen LogP contribution is -2.48. The lowest BCUT2D eigenvalue weighted by molar-refractivity contribution is -0.129. The molecule has 182 valence electrons. The zero-order valence-electron chi connectivity index (χ0n) is 20.2. The Kier molecular flexibility index (Phi) is 6.65. The molecule has 0 radical (unpaired) electrons. The van der Waals surface area contributed by atoms with Crippen LogP contribution in [-0.4, -0.2) is 61.9 Å². The number of aromatic nitrogens is 5. The molecule has 1 aliphatic rings. The van der Waals surface area contributed by atoms with Crippen LogP contribution in [0.15, 0.2) is 67.0 Å². The van der Waals surface area contributed by atoms with Crippen LogP contribution in [0.3, 0.4) is 0 Å². The van der Waals surface area contributed by atoms with E-state index in [9.17, 15) is 4.79 Å². The molecule has 36 heavy (non-hydrogen) atoms. The Hall–Kier alpha value is -4.60. The van der Waals surface area contributed by atoms with Crippen LogP contribution >= 0.6 is 0 Å². The number of nitrogens with zero attached hydrogens (tertiary/aromatic N) is 7. The molecule has 1 aliphatic heterocycles. The van der Waals surface area contributed by atoms with Gasteiger partial charge < -0.3 is 20.4 Å². The third-order valence-corrected chi connectivity index (χ3v) is 5.90. The van der Waals surface area contributed by atoms with E-state index in [1.807, 2.05) is 42.2 Å². The predicted octanol–water partition coefficient (Wildman–Crippen LogP) is 3.79. The van der Waals surface area contributed by atoms with Crippen molar-refractivity contribution in [3.05, 3.63) is 72.7 Å². The van der Waals surface area contributed by atoms with Gasteiger partial charge in [0.2, 0.25) is 11.9 Å². The van der Waals surface area contributed by atoms with Crippen LogP contribution in [0.25, 0.3) is 11.5 Å². The van der Waals surface area contributed by atoms with E-state index < -0.39 is 0 Å². The molecule has 0 saturated carbocycles. The van der Waals surface area contributed by atoms with Crippen molar-refractivity contribution < 1.29 is 4.79 Å². The summed E-state index contributed by atoms with van der Waals surface area (Å²) in [6.07, 6.45) is 3.38. The van der Waals surface area contributed by atoms with Crippen molar-refractivity contribution in [2.45, 2.75) is 13.8 Å². The Morgan fingerprint density at radius 1 is 0.806 bits per heavy atom. The van der Waals surface area contributed by atoms with Gasteiger partial charge >= 0.3 is 0 Å². The summed E-state index contributed by atoms with van der Waals surface area (Å²) in [5.41, 5.74) is 3.63. The molecule has 5 rings (SSSR count). The molecule has 10 nitrogen and oxygen atoms in total. The number of pyridine rings is 1. The summed E-state index contributed by atoms with van der Waals surface area (Å²) in [4.78, 5) is 38.0. The van der Waals surface area contributed by atoms with Crippen LogP contribution in [0.5, 0.6) is 0 Å². The second-order valence-corrected chi connectivity index (χ2v) is 8.49. The molecule has 1 saturated heterocycles. The fourth-order valence-corrected chi connectivity index (χ4v) is 4.00. The molecule has 0 aliphatic carbocycles. The second-order valence-electron chi connectivity index (χ2n) is 8.49. The normalized spacial score (nSPS) is 13.4. The highest BCUT2D eigenvalue weighted by atomic mass is 16.2. The second kappa shape index (κ2) is 10.3. The van der Waals surface area contributed by atoms with Crippen molar-refractivity contribution in [1.29, 1.82) is 0 Å². The Morgan fingerprint density at radius 2 is 1.53 bits per heavy atom. The van der Waals surface area contributed by atoms with E-state index in [-0.39, 0.29) is 5.91 Å². The van der Waals surface area contributed by atoms with Gasteiger partial charge in [-0.15, -0.1) is 0 Å². The zero-order chi connectivity index (χ0) is 24.9. The minimum Gasteiger partial charge on any atom is -0.368 e. The van der Waals surface area contributed by atoms with Crippen molar-refractivity contribution >= 4 is 34.9 Å². The van der Waals surface area contributed by atoms with Gasteiger partial charge in [-0.2, -0.15) is 4.98 Å². The maximum absolute atomic E-state index is 11.5. The molecule has 0 bridgehead atoms. The number of amides is 1. The average molecular weight is 482 g/mol. The van der Waals surface area contributed by atoms with Crippen molar-refractivity contribution in [2.24, 2.45) is 0 Å². The largest absolute Gasteiger partial charge is 0.368 e. The highest BCUT2D eigenvalue weighted by molar-refractivity contribution is 5.73. The van der Waals surface area contributed by atoms with Gasteiger partial charge in [0.25, 0.3) is 0 Å². The number of carbonyl (C=O) groups is 1.